The van der Waals surface area contributed by atoms with E-state index in [-0.39, 0.29) is 22.0 Å². The molecule has 1 aliphatic heterocycles. The van der Waals surface area contributed by atoms with Crippen LogP contribution in [0.25, 0.3) is 0 Å². The zero-order valence-electron chi connectivity index (χ0n) is 16.7. The van der Waals surface area contributed by atoms with Crippen LogP contribution < -0.4 is 10.5 Å². The fourth-order valence-electron chi connectivity index (χ4n) is 4.18. The highest BCUT2D eigenvalue weighted by Crippen LogP contribution is 2.52. The van der Waals surface area contributed by atoms with Crippen molar-refractivity contribution >= 4 is 32.5 Å². The van der Waals surface area contributed by atoms with Crippen LogP contribution in [-0.4, -0.2) is 32.5 Å². The minimum absolute atomic E-state index is 0.0103. The SMILES string of the molecule is CC(C)(C)C#S(=O)N[C@@H]1c2ccccc2CC12CCN(C(=N)SC(=N)N)CC2. The predicted octanol–water partition coefficient (Wildman–Crippen LogP) is 3.19. The van der Waals surface area contributed by atoms with Gasteiger partial charge in [-0.3, -0.25) is 10.8 Å². The number of hydrogen-bond acceptors (Lipinski definition) is 4. The van der Waals surface area contributed by atoms with Crippen LogP contribution >= 0.6 is 11.8 Å². The Morgan fingerprint density at radius 2 is 1.96 bits per heavy atom. The van der Waals surface area contributed by atoms with Gasteiger partial charge in [-0.2, -0.15) is 0 Å². The lowest BCUT2D eigenvalue weighted by atomic mass is 9.73. The zero-order chi connectivity index (χ0) is 20.5. The third-order valence-electron chi connectivity index (χ3n) is 5.40. The van der Waals surface area contributed by atoms with E-state index in [1.54, 1.807) is 0 Å². The maximum Gasteiger partial charge on any atom is 0.164 e. The van der Waals surface area contributed by atoms with Gasteiger partial charge < -0.3 is 10.6 Å². The van der Waals surface area contributed by atoms with Gasteiger partial charge in [0, 0.05) is 18.5 Å². The molecule has 8 heteroatoms. The Bertz CT molecular complexity index is 920. The molecule has 0 aromatic heterocycles. The van der Waals surface area contributed by atoms with E-state index in [2.05, 4.69) is 28.1 Å². The molecule has 1 heterocycles. The predicted molar refractivity (Wildman–Crippen MR) is 118 cm³/mol. The van der Waals surface area contributed by atoms with E-state index in [1.807, 2.05) is 31.7 Å². The third kappa shape index (κ3) is 4.63. The second kappa shape index (κ2) is 7.95. The average Bonchev–Trinajstić information content (AvgIpc) is 2.86. The summed E-state index contributed by atoms with van der Waals surface area (Å²) in [5, 5.41) is 19.0. The van der Waals surface area contributed by atoms with Crippen molar-refractivity contribution in [1.29, 1.82) is 10.8 Å². The van der Waals surface area contributed by atoms with Crippen molar-refractivity contribution in [2.24, 2.45) is 16.6 Å². The van der Waals surface area contributed by atoms with Crippen molar-refractivity contribution in [1.82, 2.24) is 9.62 Å². The summed E-state index contributed by atoms with van der Waals surface area (Å²) in [5.74, 6) is 0. The van der Waals surface area contributed by atoms with Crippen LogP contribution in [0.2, 0.25) is 0 Å². The number of likely N-dealkylation sites (tertiary alicyclic amines) is 1. The number of nitrogens with two attached hydrogens (primary N) is 1. The van der Waals surface area contributed by atoms with Crippen molar-refractivity contribution in [3.63, 3.8) is 0 Å². The van der Waals surface area contributed by atoms with E-state index in [0.29, 0.717) is 5.17 Å². The molecule has 0 saturated carbocycles. The molecule has 152 valence electrons. The summed E-state index contributed by atoms with van der Waals surface area (Å²) in [4.78, 5) is 1.99. The highest BCUT2D eigenvalue weighted by atomic mass is 32.2. The van der Waals surface area contributed by atoms with Gasteiger partial charge in [0.15, 0.2) is 10.3 Å². The standard InChI is InChI=1S/C20H29N5OS2/c1-19(2,3)13-28(26)24-16-15-7-5-4-6-14(15)12-20(16)8-10-25(11-9-20)18(23)27-17(21)22/h4-7,16,23H,8-12H2,1-3H3,(H3,21,22)(H,24,26)/t16-/m1/s1. The largest absolute Gasteiger partial charge is 0.378 e. The first-order valence-corrected chi connectivity index (χ1v) is 11.5. The molecule has 0 unspecified atom stereocenters. The molecule has 5 N–H and O–H groups in total. The number of amidine groups is 2. The molecule has 0 amide bonds. The van der Waals surface area contributed by atoms with Crippen LogP contribution in [0.4, 0.5) is 0 Å². The maximum absolute atomic E-state index is 12.7. The number of fused-ring (bicyclic) bond motifs is 1. The summed E-state index contributed by atoms with van der Waals surface area (Å²) in [5.41, 5.74) is 7.71. The minimum atomic E-state index is -1.34. The van der Waals surface area contributed by atoms with Crippen molar-refractivity contribution in [2.75, 3.05) is 13.1 Å². The second-order valence-electron chi connectivity index (χ2n) is 8.67. The van der Waals surface area contributed by atoms with Crippen LogP contribution in [0, 0.1) is 26.8 Å². The zero-order valence-corrected chi connectivity index (χ0v) is 18.3. The molecule has 1 fully saturated rings. The van der Waals surface area contributed by atoms with E-state index in [9.17, 15) is 4.21 Å². The van der Waals surface area contributed by atoms with Gasteiger partial charge in [0.05, 0.1) is 16.4 Å². The average molecular weight is 420 g/mol. The summed E-state index contributed by atoms with van der Waals surface area (Å²) < 4.78 is 16.1. The van der Waals surface area contributed by atoms with E-state index in [0.717, 1.165) is 44.1 Å². The molecule has 1 atom stereocenters. The monoisotopic (exact) mass is 419 g/mol. The molecule has 0 radical (unpaired) electrons. The maximum atomic E-state index is 12.7. The highest BCUT2D eigenvalue weighted by molar-refractivity contribution is 8.26. The Morgan fingerprint density at radius 3 is 2.57 bits per heavy atom. The van der Waals surface area contributed by atoms with Gasteiger partial charge in [0.25, 0.3) is 0 Å². The van der Waals surface area contributed by atoms with Crippen LogP contribution in [0.5, 0.6) is 0 Å². The molecular weight excluding hydrogens is 390 g/mol. The molecule has 1 spiro atoms. The normalized spacial score (nSPS) is 20.5. The van der Waals surface area contributed by atoms with Gasteiger partial charge >= 0.3 is 0 Å². The van der Waals surface area contributed by atoms with Crippen LogP contribution in [0.15, 0.2) is 24.3 Å². The second-order valence-corrected chi connectivity index (χ2v) is 10.7. The molecule has 3 rings (SSSR count). The topological polar surface area (TPSA) is 106 Å². The quantitative estimate of drug-likeness (QED) is 0.414. The molecule has 6 nitrogen and oxygen atoms in total. The Hall–Kier alpha value is -1.73. The fourth-order valence-corrected chi connectivity index (χ4v) is 5.91. The van der Waals surface area contributed by atoms with Crippen molar-refractivity contribution in [3.8, 4) is 5.18 Å². The molecular formula is C20H29N5OS2. The number of benzene rings is 1. The first-order chi connectivity index (χ1) is 13.1. The molecule has 28 heavy (non-hydrogen) atoms. The van der Waals surface area contributed by atoms with Crippen molar-refractivity contribution in [3.05, 3.63) is 35.4 Å². The molecule has 0 bridgehead atoms. The number of nitrogens with zero attached hydrogens (tertiary/aromatic N) is 1. The van der Waals surface area contributed by atoms with Crippen LogP contribution in [0.3, 0.4) is 0 Å². The molecule has 1 saturated heterocycles. The molecule has 1 aliphatic carbocycles. The number of thioether (sulfide) groups is 1. The molecule has 1 aromatic rings. The smallest absolute Gasteiger partial charge is 0.164 e. The number of nitrogens with one attached hydrogen (secondary N) is 3. The van der Waals surface area contributed by atoms with Crippen molar-refractivity contribution < 1.29 is 4.21 Å². The Morgan fingerprint density at radius 1 is 1.32 bits per heavy atom. The summed E-state index contributed by atoms with van der Waals surface area (Å²) in [7, 11) is -1.34. The lowest BCUT2D eigenvalue weighted by Crippen LogP contribution is -2.46. The van der Waals surface area contributed by atoms with Crippen molar-refractivity contribution in [2.45, 2.75) is 46.1 Å². The van der Waals surface area contributed by atoms with Gasteiger partial charge in [-0.05, 0) is 73.5 Å². The minimum Gasteiger partial charge on any atom is -0.378 e. The number of hydrogen-bond donors (Lipinski definition) is 4. The summed E-state index contributed by atoms with van der Waals surface area (Å²) in [6.07, 6.45) is 2.74. The van der Waals surface area contributed by atoms with E-state index >= 15 is 0 Å². The summed E-state index contributed by atoms with van der Waals surface area (Å²) >= 11 is 0.993. The number of rotatable bonds is 1. The van der Waals surface area contributed by atoms with Crippen LogP contribution in [0.1, 0.15) is 50.8 Å². The van der Waals surface area contributed by atoms with E-state index < -0.39 is 10.4 Å². The fraction of sp³-hybridized carbons (Fsp3) is 0.550. The molecule has 2 aliphatic rings. The van der Waals surface area contributed by atoms with Gasteiger partial charge in [0.1, 0.15) is 0 Å². The first-order valence-electron chi connectivity index (χ1n) is 9.49. The Kier molecular flexibility index (Phi) is 5.96. The van der Waals surface area contributed by atoms with Gasteiger partial charge in [-0.1, -0.05) is 24.3 Å². The highest BCUT2D eigenvalue weighted by Gasteiger charge is 2.48. The van der Waals surface area contributed by atoms with Gasteiger partial charge in [0.2, 0.25) is 0 Å². The summed E-state index contributed by atoms with van der Waals surface area (Å²) in [6.45, 7) is 7.49. The first kappa shape index (κ1) is 21.0. The summed E-state index contributed by atoms with van der Waals surface area (Å²) in [6, 6.07) is 8.42. The van der Waals surface area contributed by atoms with Crippen LogP contribution in [-0.2, 0) is 16.8 Å². The Balaban J connectivity index is 1.84. The van der Waals surface area contributed by atoms with Gasteiger partial charge in [-0.25, -0.2) is 8.93 Å². The van der Waals surface area contributed by atoms with E-state index in [1.165, 1.54) is 11.1 Å². The van der Waals surface area contributed by atoms with Gasteiger partial charge in [-0.15, -0.1) is 0 Å². The van der Waals surface area contributed by atoms with E-state index in [4.69, 9.17) is 16.6 Å². The lowest BCUT2D eigenvalue weighted by Gasteiger charge is -2.43. The Labute approximate surface area is 173 Å². The molecule has 1 aromatic carbocycles. The third-order valence-corrected chi connectivity index (χ3v) is 7.32. The number of piperidine rings is 1. The lowest BCUT2D eigenvalue weighted by molar-refractivity contribution is 0.122.